The van der Waals surface area contributed by atoms with Crippen molar-refractivity contribution in [2.75, 3.05) is 25.1 Å². The molecule has 0 aromatic heterocycles. The number of carbonyl (C=O) groups is 5. The van der Waals surface area contributed by atoms with Crippen molar-refractivity contribution in [1.82, 2.24) is 16.0 Å². The number of thioether (sulfide) groups is 1. The van der Waals surface area contributed by atoms with Crippen LogP contribution < -0.4 is 44.6 Å². The molecule has 15 nitrogen and oxygen atoms in total. The molecule has 16 heteroatoms. The van der Waals surface area contributed by atoms with Crippen molar-refractivity contribution >= 4 is 47.3 Å². The fraction of sp³-hybridized carbons (Fsp3) is 0.727. The van der Waals surface area contributed by atoms with Crippen LogP contribution in [0.5, 0.6) is 0 Å². The summed E-state index contributed by atoms with van der Waals surface area (Å²) in [5, 5.41) is 17.0. The Kier molecular flexibility index (Phi) is 18.3. The molecule has 0 fully saturated rings. The average Bonchev–Trinajstić information content (AvgIpc) is 2.85. The monoisotopic (exact) mass is 561 g/mol. The Hall–Kier alpha value is -3.11. The number of carbonyl (C=O) groups excluding carboxylic acids is 4. The van der Waals surface area contributed by atoms with Gasteiger partial charge in [-0.05, 0) is 63.5 Å². The van der Waals surface area contributed by atoms with Gasteiger partial charge in [0.25, 0.3) is 0 Å². The second kappa shape index (κ2) is 19.9. The standard InChI is InChI=1S/C22H43N9O6S/c1-38-12-9-15(29-18(33)13(24)5-4-11-28-22(26)27)20(35)30-14(6-2-3-10-23)19(34)31-16(21(36)37)7-8-17(25)32/h13-16H,2-12,23-24H2,1H3,(H2,25,32)(H,29,33)(H,30,35)(H,31,34)(H,36,37)(H4,26,27,28). The molecule has 0 aromatic rings. The number of nitrogens with two attached hydrogens (primary N) is 5. The van der Waals surface area contributed by atoms with Gasteiger partial charge >= 0.3 is 5.97 Å². The quantitative estimate of drug-likeness (QED) is 0.0388. The van der Waals surface area contributed by atoms with Gasteiger partial charge in [-0.3, -0.25) is 24.2 Å². The topological polar surface area (TPSA) is 284 Å². The number of aliphatic imine (C=N–C) groups is 1. The average molecular weight is 562 g/mol. The lowest BCUT2D eigenvalue weighted by Crippen LogP contribution is -2.57. The highest BCUT2D eigenvalue weighted by Gasteiger charge is 2.30. The van der Waals surface area contributed by atoms with Gasteiger partial charge in [0, 0.05) is 13.0 Å². The number of nitrogens with one attached hydrogen (secondary N) is 3. The first-order chi connectivity index (χ1) is 17.9. The van der Waals surface area contributed by atoms with Gasteiger partial charge in [-0.15, -0.1) is 0 Å². The van der Waals surface area contributed by atoms with E-state index in [0.717, 1.165) is 0 Å². The number of guanidine groups is 1. The Labute approximate surface area is 226 Å². The van der Waals surface area contributed by atoms with Gasteiger partial charge in [0.15, 0.2) is 5.96 Å². The van der Waals surface area contributed by atoms with Crippen molar-refractivity contribution in [2.24, 2.45) is 33.7 Å². The molecule has 218 valence electrons. The molecule has 4 atom stereocenters. The van der Waals surface area contributed by atoms with Gasteiger partial charge in [-0.2, -0.15) is 11.8 Å². The predicted octanol–water partition coefficient (Wildman–Crippen LogP) is -2.95. The molecule has 0 aliphatic heterocycles. The molecule has 0 saturated carbocycles. The third-order valence-electron chi connectivity index (χ3n) is 5.42. The van der Waals surface area contributed by atoms with Crippen LogP contribution in [-0.2, 0) is 24.0 Å². The second-order valence-corrected chi connectivity index (χ2v) is 9.63. The summed E-state index contributed by atoms with van der Waals surface area (Å²) >= 11 is 1.47. The minimum atomic E-state index is -1.37. The SMILES string of the molecule is CSCCC(NC(=O)C(N)CCCN=C(N)N)C(=O)NC(CCCCN)C(=O)NC(CCC(N)=O)C(=O)O. The molecular weight excluding hydrogens is 518 g/mol. The zero-order chi connectivity index (χ0) is 29.1. The zero-order valence-electron chi connectivity index (χ0n) is 21.8. The van der Waals surface area contributed by atoms with Crippen molar-refractivity contribution in [3.63, 3.8) is 0 Å². The number of hydrogen-bond donors (Lipinski definition) is 9. The molecule has 4 amide bonds. The zero-order valence-corrected chi connectivity index (χ0v) is 22.6. The molecule has 0 radical (unpaired) electrons. The van der Waals surface area contributed by atoms with E-state index in [4.69, 9.17) is 28.7 Å². The van der Waals surface area contributed by atoms with Crippen molar-refractivity contribution < 1.29 is 29.1 Å². The first-order valence-electron chi connectivity index (χ1n) is 12.3. The lowest BCUT2D eigenvalue weighted by Gasteiger charge is -2.25. The molecule has 4 unspecified atom stereocenters. The van der Waals surface area contributed by atoms with Crippen LogP contribution in [0.1, 0.15) is 51.4 Å². The minimum Gasteiger partial charge on any atom is -0.480 e. The number of unbranched alkanes of at least 4 members (excludes halogenated alkanes) is 1. The third-order valence-corrected chi connectivity index (χ3v) is 6.07. The normalized spacial score (nSPS) is 13.9. The summed E-state index contributed by atoms with van der Waals surface area (Å²) in [4.78, 5) is 65.1. The van der Waals surface area contributed by atoms with Crippen LogP contribution in [-0.4, -0.2) is 89.9 Å². The molecule has 0 spiro atoms. The Balaban J connectivity index is 5.42. The van der Waals surface area contributed by atoms with E-state index in [1.165, 1.54) is 11.8 Å². The summed E-state index contributed by atoms with van der Waals surface area (Å²) in [6.45, 7) is 0.669. The van der Waals surface area contributed by atoms with Crippen LogP contribution >= 0.6 is 11.8 Å². The fourth-order valence-corrected chi connectivity index (χ4v) is 3.76. The van der Waals surface area contributed by atoms with Crippen molar-refractivity contribution in [2.45, 2.75) is 75.5 Å². The number of carboxylic acid groups (broad SMARTS) is 1. The van der Waals surface area contributed by atoms with E-state index in [0.29, 0.717) is 38.1 Å². The van der Waals surface area contributed by atoms with Gasteiger partial charge < -0.3 is 49.7 Å². The Morgan fingerprint density at radius 2 is 1.39 bits per heavy atom. The fourth-order valence-electron chi connectivity index (χ4n) is 3.28. The largest absolute Gasteiger partial charge is 0.480 e. The van der Waals surface area contributed by atoms with Crippen LogP contribution in [0.2, 0.25) is 0 Å². The van der Waals surface area contributed by atoms with E-state index in [-0.39, 0.29) is 38.1 Å². The minimum absolute atomic E-state index is 0.0654. The smallest absolute Gasteiger partial charge is 0.326 e. The molecule has 0 bridgehead atoms. The maximum atomic E-state index is 13.1. The van der Waals surface area contributed by atoms with E-state index >= 15 is 0 Å². The molecule has 0 aliphatic carbocycles. The van der Waals surface area contributed by atoms with Gasteiger partial charge in [0.1, 0.15) is 18.1 Å². The van der Waals surface area contributed by atoms with E-state index in [9.17, 15) is 29.1 Å². The Morgan fingerprint density at radius 3 is 1.92 bits per heavy atom. The van der Waals surface area contributed by atoms with Crippen LogP contribution in [0.3, 0.4) is 0 Å². The molecule has 38 heavy (non-hydrogen) atoms. The highest BCUT2D eigenvalue weighted by molar-refractivity contribution is 7.98. The summed E-state index contributed by atoms with van der Waals surface area (Å²) < 4.78 is 0. The van der Waals surface area contributed by atoms with E-state index in [2.05, 4.69) is 20.9 Å². The number of carboxylic acids is 1. The van der Waals surface area contributed by atoms with E-state index in [1.807, 2.05) is 6.26 Å². The first kappa shape index (κ1) is 34.9. The van der Waals surface area contributed by atoms with Gasteiger partial charge in [0.05, 0.1) is 6.04 Å². The summed E-state index contributed by atoms with van der Waals surface area (Å²) in [7, 11) is 0. The number of rotatable bonds is 21. The molecule has 0 aromatic carbocycles. The molecule has 14 N–H and O–H groups in total. The number of hydrogen-bond acceptors (Lipinski definition) is 9. The van der Waals surface area contributed by atoms with E-state index in [1.54, 1.807) is 0 Å². The van der Waals surface area contributed by atoms with Crippen LogP contribution in [0.15, 0.2) is 4.99 Å². The lowest BCUT2D eigenvalue weighted by molar-refractivity contribution is -0.142. The molecule has 0 heterocycles. The summed E-state index contributed by atoms with van der Waals surface area (Å²) in [6, 6.07) is -4.34. The van der Waals surface area contributed by atoms with Crippen molar-refractivity contribution in [1.29, 1.82) is 0 Å². The number of nitrogens with zero attached hydrogens (tertiary/aromatic N) is 1. The summed E-state index contributed by atoms with van der Waals surface area (Å²) in [5.41, 5.74) is 27.1. The summed E-state index contributed by atoms with van der Waals surface area (Å²) in [5.74, 6) is -3.47. The van der Waals surface area contributed by atoms with Crippen molar-refractivity contribution in [3.8, 4) is 0 Å². The van der Waals surface area contributed by atoms with Gasteiger partial charge in [-0.1, -0.05) is 0 Å². The second-order valence-electron chi connectivity index (χ2n) is 8.65. The maximum Gasteiger partial charge on any atom is 0.326 e. The first-order valence-corrected chi connectivity index (χ1v) is 13.7. The predicted molar refractivity (Wildman–Crippen MR) is 146 cm³/mol. The number of aliphatic carboxylic acids is 1. The molecular formula is C22H43N9O6S. The lowest BCUT2D eigenvalue weighted by atomic mass is 10.1. The highest BCUT2D eigenvalue weighted by Crippen LogP contribution is 2.07. The van der Waals surface area contributed by atoms with Gasteiger partial charge in [-0.25, -0.2) is 4.79 Å². The van der Waals surface area contributed by atoms with E-state index < -0.39 is 53.8 Å². The highest BCUT2D eigenvalue weighted by atomic mass is 32.2. The van der Waals surface area contributed by atoms with Gasteiger partial charge in [0.2, 0.25) is 23.6 Å². The summed E-state index contributed by atoms with van der Waals surface area (Å²) in [6.07, 6.45) is 3.65. The third kappa shape index (κ3) is 15.9. The van der Waals surface area contributed by atoms with Crippen LogP contribution in [0, 0.1) is 0 Å². The van der Waals surface area contributed by atoms with Crippen LogP contribution in [0.4, 0.5) is 0 Å². The van der Waals surface area contributed by atoms with Crippen molar-refractivity contribution in [3.05, 3.63) is 0 Å². The maximum absolute atomic E-state index is 13.1. The molecule has 0 saturated heterocycles. The number of amides is 4. The number of primary amides is 1. The molecule has 0 aliphatic rings. The van der Waals surface area contributed by atoms with Crippen LogP contribution in [0.25, 0.3) is 0 Å². The molecule has 0 rings (SSSR count). The Bertz CT molecular complexity index is 810. The Morgan fingerprint density at radius 1 is 0.816 bits per heavy atom.